The third kappa shape index (κ3) is 4.35. The molecule has 1 aliphatic rings. The normalized spacial score (nSPS) is 23.9. The Kier molecular flexibility index (Phi) is 6.58. The maximum atomic E-state index is 9.48. The zero-order chi connectivity index (χ0) is 13.0. The maximum absolute atomic E-state index is 9.48. The number of rotatable bonds is 4. The highest BCUT2D eigenvalue weighted by molar-refractivity contribution is 5.85. The monoisotopic (exact) mass is 286 g/mol. The molecule has 0 spiro atoms. The van der Waals surface area contributed by atoms with E-state index in [-0.39, 0.29) is 12.4 Å². The lowest BCUT2D eigenvalue weighted by Crippen LogP contribution is -2.47. The van der Waals surface area contributed by atoms with Crippen molar-refractivity contribution in [3.05, 3.63) is 29.8 Å². The molecule has 1 aromatic rings. The van der Waals surface area contributed by atoms with Gasteiger partial charge in [0.25, 0.3) is 0 Å². The molecule has 19 heavy (non-hydrogen) atoms. The van der Waals surface area contributed by atoms with E-state index in [4.69, 9.17) is 10.5 Å². The molecule has 2 atom stereocenters. The molecule has 0 amide bonds. The second-order valence-electron chi connectivity index (χ2n) is 4.91. The Hall–Kier alpha value is -0.810. The van der Waals surface area contributed by atoms with Crippen molar-refractivity contribution >= 4 is 12.4 Å². The number of likely N-dealkylation sites (tertiary alicyclic amines) is 1. The number of aromatic hydroxyl groups is 1. The molecule has 5 heteroatoms. The fraction of sp³-hybridized carbons (Fsp3) is 0.571. The molecule has 0 saturated carbocycles. The Bertz CT molecular complexity index is 389. The van der Waals surface area contributed by atoms with Crippen molar-refractivity contribution < 1.29 is 9.84 Å². The fourth-order valence-electron chi connectivity index (χ4n) is 2.62. The predicted octanol–water partition coefficient (Wildman–Crippen LogP) is 1.75. The summed E-state index contributed by atoms with van der Waals surface area (Å²) < 4.78 is 5.42. The van der Waals surface area contributed by atoms with Gasteiger partial charge in [-0.3, -0.25) is 4.90 Å². The second kappa shape index (κ2) is 7.70. The number of hydrogen-bond acceptors (Lipinski definition) is 4. The van der Waals surface area contributed by atoms with Gasteiger partial charge >= 0.3 is 0 Å². The molecular weight excluding hydrogens is 264 g/mol. The van der Waals surface area contributed by atoms with Crippen molar-refractivity contribution in [2.45, 2.75) is 31.5 Å². The predicted molar refractivity (Wildman–Crippen MR) is 78.6 cm³/mol. The first-order valence-electron chi connectivity index (χ1n) is 6.47. The van der Waals surface area contributed by atoms with Gasteiger partial charge in [-0.1, -0.05) is 12.1 Å². The van der Waals surface area contributed by atoms with E-state index < -0.39 is 0 Å². The fourth-order valence-corrected chi connectivity index (χ4v) is 2.62. The molecule has 1 heterocycles. The van der Waals surface area contributed by atoms with Gasteiger partial charge < -0.3 is 15.6 Å². The van der Waals surface area contributed by atoms with Crippen LogP contribution < -0.4 is 5.73 Å². The lowest BCUT2D eigenvalue weighted by Gasteiger charge is -2.38. The van der Waals surface area contributed by atoms with Crippen LogP contribution in [-0.4, -0.2) is 42.4 Å². The number of phenols is 1. The molecule has 2 rings (SSSR count). The largest absolute Gasteiger partial charge is 0.508 e. The highest BCUT2D eigenvalue weighted by Gasteiger charge is 2.27. The average molecular weight is 287 g/mol. The van der Waals surface area contributed by atoms with Crippen LogP contribution in [0.1, 0.15) is 18.4 Å². The average Bonchev–Trinajstić information content (AvgIpc) is 2.39. The number of benzene rings is 1. The Morgan fingerprint density at radius 1 is 1.47 bits per heavy atom. The summed E-state index contributed by atoms with van der Waals surface area (Å²) in [6, 6.07) is 7.79. The van der Waals surface area contributed by atoms with E-state index in [0.717, 1.165) is 31.5 Å². The summed E-state index contributed by atoms with van der Waals surface area (Å²) in [5.41, 5.74) is 6.98. The highest BCUT2D eigenvalue weighted by Crippen LogP contribution is 2.22. The summed E-state index contributed by atoms with van der Waals surface area (Å²) in [5, 5.41) is 9.48. The van der Waals surface area contributed by atoms with Gasteiger partial charge in [0.1, 0.15) is 5.75 Å². The van der Waals surface area contributed by atoms with Crippen molar-refractivity contribution in [3.8, 4) is 5.75 Å². The smallest absolute Gasteiger partial charge is 0.115 e. The van der Waals surface area contributed by atoms with Crippen molar-refractivity contribution in [3.63, 3.8) is 0 Å². The number of nitrogens with two attached hydrogens (primary N) is 1. The van der Waals surface area contributed by atoms with Crippen LogP contribution in [0.15, 0.2) is 24.3 Å². The number of methoxy groups -OCH3 is 1. The minimum absolute atomic E-state index is 0. The van der Waals surface area contributed by atoms with E-state index in [1.54, 1.807) is 13.2 Å². The molecular formula is C14H23ClN2O2. The van der Waals surface area contributed by atoms with Crippen LogP contribution in [0.3, 0.4) is 0 Å². The summed E-state index contributed by atoms with van der Waals surface area (Å²) in [6.45, 7) is 2.49. The lowest BCUT2D eigenvalue weighted by molar-refractivity contribution is 0.0102. The van der Waals surface area contributed by atoms with Gasteiger partial charge in [0.2, 0.25) is 0 Å². The van der Waals surface area contributed by atoms with Gasteiger partial charge in [0, 0.05) is 32.8 Å². The van der Waals surface area contributed by atoms with E-state index >= 15 is 0 Å². The van der Waals surface area contributed by atoms with Gasteiger partial charge in [-0.25, -0.2) is 0 Å². The second-order valence-corrected chi connectivity index (χ2v) is 4.91. The molecule has 2 unspecified atom stereocenters. The van der Waals surface area contributed by atoms with E-state index in [9.17, 15) is 5.11 Å². The van der Waals surface area contributed by atoms with E-state index in [1.165, 1.54) is 0 Å². The Labute approximate surface area is 121 Å². The van der Waals surface area contributed by atoms with Gasteiger partial charge in [0.15, 0.2) is 0 Å². The first kappa shape index (κ1) is 16.2. The maximum Gasteiger partial charge on any atom is 0.115 e. The molecule has 0 radical (unpaired) electrons. The van der Waals surface area contributed by atoms with Crippen LogP contribution in [0.2, 0.25) is 0 Å². The third-order valence-corrected chi connectivity index (χ3v) is 3.69. The molecule has 1 aromatic carbocycles. The van der Waals surface area contributed by atoms with Crippen molar-refractivity contribution in [1.29, 1.82) is 0 Å². The van der Waals surface area contributed by atoms with Crippen molar-refractivity contribution in [2.24, 2.45) is 5.73 Å². The van der Waals surface area contributed by atoms with E-state index in [0.29, 0.717) is 24.4 Å². The molecule has 1 aliphatic heterocycles. The topological polar surface area (TPSA) is 58.7 Å². The van der Waals surface area contributed by atoms with Crippen molar-refractivity contribution in [2.75, 3.05) is 20.2 Å². The van der Waals surface area contributed by atoms with E-state index in [2.05, 4.69) is 4.90 Å². The van der Waals surface area contributed by atoms with Gasteiger partial charge in [-0.05, 0) is 30.5 Å². The summed E-state index contributed by atoms with van der Waals surface area (Å²) in [7, 11) is 1.77. The molecule has 0 aliphatic carbocycles. The number of nitrogens with zero attached hydrogens (tertiary/aromatic N) is 1. The van der Waals surface area contributed by atoms with Crippen LogP contribution in [0.25, 0.3) is 0 Å². The van der Waals surface area contributed by atoms with Crippen LogP contribution >= 0.6 is 12.4 Å². The Balaban J connectivity index is 0.00000180. The lowest BCUT2D eigenvalue weighted by atomic mass is 9.98. The van der Waals surface area contributed by atoms with Crippen molar-refractivity contribution in [1.82, 2.24) is 4.90 Å². The zero-order valence-electron chi connectivity index (χ0n) is 11.3. The Morgan fingerprint density at radius 3 is 2.89 bits per heavy atom. The van der Waals surface area contributed by atoms with Crippen LogP contribution in [-0.2, 0) is 11.3 Å². The van der Waals surface area contributed by atoms with Gasteiger partial charge in [-0.15, -0.1) is 12.4 Å². The summed E-state index contributed by atoms with van der Waals surface area (Å²) >= 11 is 0. The SMILES string of the molecule is COC1CCN(Cc2cccc(O)c2)C(CN)C1.Cl. The molecule has 108 valence electrons. The van der Waals surface area contributed by atoms with Crippen LogP contribution in [0, 0.1) is 0 Å². The number of ether oxygens (including phenoxy) is 1. The zero-order valence-corrected chi connectivity index (χ0v) is 12.1. The molecule has 0 bridgehead atoms. The minimum atomic E-state index is 0. The quantitative estimate of drug-likeness (QED) is 0.885. The molecule has 4 nitrogen and oxygen atoms in total. The van der Waals surface area contributed by atoms with Gasteiger partial charge in [-0.2, -0.15) is 0 Å². The van der Waals surface area contributed by atoms with Gasteiger partial charge in [0.05, 0.1) is 6.10 Å². The minimum Gasteiger partial charge on any atom is -0.508 e. The molecule has 1 saturated heterocycles. The standard InChI is InChI=1S/C14H22N2O2.ClH/c1-18-14-5-6-16(12(8-14)9-15)10-11-3-2-4-13(17)7-11;/h2-4,7,12,14,17H,5-6,8-10,15H2,1H3;1H. The molecule has 0 aromatic heterocycles. The first-order valence-corrected chi connectivity index (χ1v) is 6.47. The summed E-state index contributed by atoms with van der Waals surface area (Å²) in [6.07, 6.45) is 2.37. The summed E-state index contributed by atoms with van der Waals surface area (Å²) in [5.74, 6) is 0.323. The first-order chi connectivity index (χ1) is 8.72. The highest BCUT2D eigenvalue weighted by atomic mass is 35.5. The Morgan fingerprint density at radius 2 is 2.26 bits per heavy atom. The third-order valence-electron chi connectivity index (χ3n) is 3.69. The summed E-state index contributed by atoms with van der Waals surface area (Å²) in [4.78, 5) is 2.38. The van der Waals surface area contributed by atoms with Crippen LogP contribution in [0.4, 0.5) is 0 Å². The number of hydrogen-bond donors (Lipinski definition) is 2. The molecule has 1 fully saturated rings. The number of phenolic OH excluding ortho intramolecular Hbond substituents is 1. The number of halogens is 1. The number of piperidine rings is 1. The van der Waals surface area contributed by atoms with E-state index in [1.807, 2.05) is 18.2 Å². The molecule has 3 N–H and O–H groups in total. The van der Waals surface area contributed by atoms with Crippen LogP contribution in [0.5, 0.6) is 5.75 Å².